The predicted octanol–water partition coefficient (Wildman–Crippen LogP) is 0.615. The van der Waals surface area contributed by atoms with Gasteiger partial charge in [-0.2, -0.15) is 0 Å². The molecule has 0 unspecified atom stereocenters. The molecule has 7 nitrogen and oxygen atoms in total. The number of nitro benzene ring substituents is 1. The lowest BCUT2D eigenvalue weighted by atomic mass is 9.57. The van der Waals surface area contributed by atoms with Gasteiger partial charge in [0.2, 0.25) is 5.91 Å². The van der Waals surface area contributed by atoms with Crippen molar-refractivity contribution in [3.8, 4) is 0 Å². The van der Waals surface area contributed by atoms with E-state index >= 15 is 0 Å². The normalized spacial score (nSPS) is 24.8. The minimum atomic E-state index is -0.469. The van der Waals surface area contributed by atoms with Crippen molar-refractivity contribution in [1.82, 2.24) is 5.43 Å². The van der Waals surface area contributed by atoms with Crippen molar-refractivity contribution in [3.63, 3.8) is 0 Å². The van der Waals surface area contributed by atoms with Crippen molar-refractivity contribution in [2.75, 3.05) is 6.61 Å². The van der Waals surface area contributed by atoms with Crippen LogP contribution in [-0.4, -0.2) is 22.5 Å². The van der Waals surface area contributed by atoms with E-state index in [9.17, 15) is 14.9 Å². The Kier molecular flexibility index (Phi) is 4.01. The van der Waals surface area contributed by atoms with E-state index in [2.05, 4.69) is 5.43 Å². The van der Waals surface area contributed by atoms with Gasteiger partial charge in [0.15, 0.2) is 0 Å². The first-order chi connectivity index (χ1) is 9.50. The van der Waals surface area contributed by atoms with Crippen molar-refractivity contribution in [2.45, 2.75) is 24.7 Å². The Morgan fingerprint density at radius 3 is 2.80 bits per heavy atom. The van der Waals surface area contributed by atoms with Gasteiger partial charge < -0.3 is 5.11 Å². The maximum absolute atomic E-state index is 11.6. The Bertz CT molecular complexity index is 526. The third kappa shape index (κ3) is 2.63. The summed E-state index contributed by atoms with van der Waals surface area (Å²) in [7, 11) is 0. The number of aliphatic hydroxyl groups excluding tert-OH is 1. The van der Waals surface area contributed by atoms with Gasteiger partial charge in [-0.25, -0.2) is 5.84 Å². The second kappa shape index (κ2) is 5.56. The molecule has 4 N–H and O–H groups in total. The minimum absolute atomic E-state index is 0.00230. The summed E-state index contributed by atoms with van der Waals surface area (Å²) in [6.07, 6.45) is 1.41. The quantitative estimate of drug-likeness (QED) is 0.316. The van der Waals surface area contributed by atoms with Crippen LogP contribution in [0.25, 0.3) is 0 Å². The molecule has 0 heterocycles. The predicted molar refractivity (Wildman–Crippen MR) is 71.5 cm³/mol. The lowest BCUT2D eigenvalue weighted by Gasteiger charge is -2.47. The molecule has 1 aliphatic rings. The van der Waals surface area contributed by atoms with Crippen molar-refractivity contribution in [1.29, 1.82) is 0 Å². The molecule has 1 amide bonds. The molecule has 0 spiro atoms. The van der Waals surface area contributed by atoms with Crippen LogP contribution in [0.4, 0.5) is 5.69 Å². The second-order valence-electron chi connectivity index (χ2n) is 5.29. The first-order valence-corrected chi connectivity index (χ1v) is 6.36. The highest BCUT2D eigenvalue weighted by Gasteiger charge is 2.46. The lowest BCUT2D eigenvalue weighted by Crippen LogP contribution is -2.47. The van der Waals surface area contributed by atoms with Crippen molar-refractivity contribution >= 4 is 11.6 Å². The van der Waals surface area contributed by atoms with Crippen LogP contribution in [0.1, 0.15) is 24.8 Å². The number of nitro groups is 1. The Balaban J connectivity index is 2.30. The average Bonchev–Trinajstić information content (AvgIpc) is 2.42. The molecule has 0 bridgehead atoms. The molecule has 1 saturated carbocycles. The molecule has 0 atom stereocenters. The largest absolute Gasteiger partial charge is 0.396 e. The number of hydrazine groups is 1. The standard InChI is InChI=1S/C13H17N3O4/c14-15-12(18)7-13(5-9(6-13)8-17)10-2-1-3-11(4-10)16(19)20/h1-4,9,17H,5-8,14H2,(H,15,18). The number of non-ortho nitro benzene ring substituents is 1. The number of amides is 1. The molecule has 1 aliphatic carbocycles. The van der Waals surface area contributed by atoms with Gasteiger partial charge in [0.05, 0.1) is 4.92 Å². The Hall–Kier alpha value is -1.99. The number of carbonyl (C=O) groups is 1. The summed E-state index contributed by atoms with van der Waals surface area (Å²) in [5.74, 6) is 4.94. The van der Waals surface area contributed by atoms with Gasteiger partial charge in [0.25, 0.3) is 5.69 Å². The number of carbonyl (C=O) groups excluding carboxylic acids is 1. The average molecular weight is 279 g/mol. The first-order valence-electron chi connectivity index (χ1n) is 6.36. The number of hydrogen-bond acceptors (Lipinski definition) is 5. The zero-order valence-corrected chi connectivity index (χ0v) is 10.9. The molecule has 1 aromatic carbocycles. The molecular formula is C13H17N3O4. The Morgan fingerprint density at radius 2 is 2.25 bits per heavy atom. The molecule has 7 heteroatoms. The molecule has 2 rings (SSSR count). The highest BCUT2D eigenvalue weighted by Crippen LogP contribution is 2.50. The number of rotatable bonds is 5. The molecule has 0 aromatic heterocycles. The fourth-order valence-electron chi connectivity index (χ4n) is 2.96. The van der Waals surface area contributed by atoms with Crippen LogP contribution in [0.2, 0.25) is 0 Å². The summed E-state index contributed by atoms with van der Waals surface area (Å²) in [4.78, 5) is 22.0. The summed E-state index contributed by atoms with van der Waals surface area (Å²) in [6.45, 7) is 0.0565. The van der Waals surface area contributed by atoms with Gasteiger partial charge in [-0.3, -0.25) is 20.3 Å². The summed E-state index contributed by atoms with van der Waals surface area (Å²) < 4.78 is 0. The molecule has 0 saturated heterocycles. The fourth-order valence-corrected chi connectivity index (χ4v) is 2.96. The van der Waals surface area contributed by atoms with E-state index in [1.807, 2.05) is 0 Å². The number of benzene rings is 1. The highest BCUT2D eigenvalue weighted by molar-refractivity contribution is 5.77. The van der Waals surface area contributed by atoms with E-state index in [4.69, 9.17) is 10.9 Å². The van der Waals surface area contributed by atoms with Crippen LogP contribution in [0, 0.1) is 16.0 Å². The molecule has 1 fully saturated rings. The van der Waals surface area contributed by atoms with Crippen LogP contribution in [0.15, 0.2) is 24.3 Å². The lowest BCUT2D eigenvalue weighted by molar-refractivity contribution is -0.385. The van der Waals surface area contributed by atoms with Gasteiger partial charge in [0, 0.05) is 30.6 Å². The molecule has 0 aliphatic heterocycles. The first kappa shape index (κ1) is 14.4. The second-order valence-corrected chi connectivity index (χ2v) is 5.29. The number of nitrogens with zero attached hydrogens (tertiary/aromatic N) is 1. The molecule has 108 valence electrons. The Morgan fingerprint density at radius 1 is 1.55 bits per heavy atom. The fraction of sp³-hybridized carbons (Fsp3) is 0.462. The van der Waals surface area contributed by atoms with Gasteiger partial charge >= 0.3 is 0 Å². The minimum Gasteiger partial charge on any atom is -0.396 e. The van der Waals surface area contributed by atoms with Gasteiger partial charge in [-0.05, 0) is 24.3 Å². The number of hydrogen-bond donors (Lipinski definition) is 3. The summed E-state index contributed by atoms with van der Waals surface area (Å²) in [5, 5.41) is 20.0. The number of nitrogens with one attached hydrogen (secondary N) is 1. The molecular weight excluding hydrogens is 262 g/mol. The van der Waals surface area contributed by atoms with Crippen LogP contribution in [0.5, 0.6) is 0 Å². The van der Waals surface area contributed by atoms with E-state index in [1.54, 1.807) is 12.1 Å². The molecule has 0 radical (unpaired) electrons. The molecule has 20 heavy (non-hydrogen) atoms. The smallest absolute Gasteiger partial charge is 0.269 e. The highest BCUT2D eigenvalue weighted by atomic mass is 16.6. The van der Waals surface area contributed by atoms with Crippen molar-refractivity contribution in [2.24, 2.45) is 11.8 Å². The van der Waals surface area contributed by atoms with E-state index in [1.165, 1.54) is 12.1 Å². The maximum atomic E-state index is 11.6. The zero-order chi connectivity index (χ0) is 14.8. The Labute approximate surface area is 115 Å². The van der Waals surface area contributed by atoms with Gasteiger partial charge in [0.1, 0.15) is 0 Å². The van der Waals surface area contributed by atoms with E-state index in [0.29, 0.717) is 12.8 Å². The third-order valence-electron chi connectivity index (χ3n) is 3.95. The van der Waals surface area contributed by atoms with Crippen LogP contribution >= 0.6 is 0 Å². The monoisotopic (exact) mass is 279 g/mol. The summed E-state index contributed by atoms with van der Waals surface area (Å²) >= 11 is 0. The van der Waals surface area contributed by atoms with Gasteiger partial charge in [-0.1, -0.05) is 12.1 Å². The molecule has 1 aromatic rings. The van der Waals surface area contributed by atoms with Gasteiger partial charge in [-0.15, -0.1) is 0 Å². The van der Waals surface area contributed by atoms with Crippen LogP contribution in [0.3, 0.4) is 0 Å². The number of nitrogens with two attached hydrogens (primary N) is 1. The van der Waals surface area contributed by atoms with Crippen molar-refractivity contribution in [3.05, 3.63) is 39.9 Å². The van der Waals surface area contributed by atoms with Crippen molar-refractivity contribution < 1.29 is 14.8 Å². The SMILES string of the molecule is NNC(=O)CC1(c2cccc([N+](=O)[O-])c2)CC(CO)C1. The summed E-state index contributed by atoms with van der Waals surface area (Å²) in [6, 6.07) is 6.31. The van der Waals surface area contributed by atoms with E-state index in [0.717, 1.165) is 5.56 Å². The van der Waals surface area contributed by atoms with Crippen LogP contribution in [-0.2, 0) is 10.2 Å². The maximum Gasteiger partial charge on any atom is 0.269 e. The number of aliphatic hydroxyl groups is 1. The van der Waals surface area contributed by atoms with E-state index < -0.39 is 10.3 Å². The van der Waals surface area contributed by atoms with Crippen LogP contribution < -0.4 is 11.3 Å². The topological polar surface area (TPSA) is 118 Å². The third-order valence-corrected chi connectivity index (χ3v) is 3.95. The van der Waals surface area contributed by atoms with E-state index in [-0.39, 0.29) is 30.5 Å². The zero-order valence-electron chi connectivity index (χ0n) is 10.9. The summed E-state index contributed by atoms with van der Waals surface area (Å²) in [5.41, 5.74) is 2.38.